The fraction of sp³-hybridized carbons (Fsp3) is 0.316. The number of carbonyl (C=O) groups excluding carboxylic acids is 3. The van der Waals surface area contributed by atoms with Crippen molar-refractivity contribution < 1.29 is 23.9 Å². The van der Waals surface area contributed by atoms with Crippen molar-refractivity contribution in [2.24, 2.45) is 0 Å². The first-order chi connectivity index (χ1) is 13.9. The van der Waals surface area contributed by atoms with Crippen LogP contribution in [0.2, 0.25) is 0 Å². The normalized spacial score (nSPS) is 10.3. The summed E-state index contributed by atoms with van der Waals surface area (Å²) < 4.78 is 9.84. The summed E-state index contributed by atoms with van der Waals surface area (Å²) in [5, 5.41) is 0.208. The van der Waals surface area contributed by atoms with Gasteiger partial charge in [0.1, 0.15) is 11.4 Å². The molecule has 0 aliphatic rings. The Labute approximate surface area is 172 Å². The van der Waals surface area contributed by atoms with Crippen LogP contribution in [0.15, 0.2) is 41.7 Å². The molecule has 2 N–H and O–H groups in total. The number of hydrogen-bond donors (Lipinski definition) is 1. The summed E-state index contributed by atoms with van der Waals surface area (Å²) >= 11 is 0.985. The SMILES string of the molecule is CCOC(=O)c1cnc(SCC(=O)OCC(=O)N(C)Cc2ccccc2)nc1N. The number of esters is 2. The number of rotatable bonds is 9. The van der Waals surface area contributed by atoms with E-state index in [1.54, 1.807) is 14.0 Å². The monoisotopic (exact) mass is 418 g/mol. The van der Waals surface area contributed by atoms with Gasteiger partial charge in [-0.15, -0.1) is 0 Å². The number of likely N-dealkylation sites (N-methyl/N-ethyl adjacent to an activating group) is 1. The van der Waals surface area contributed by atoms with E-state index < -0.39 is 11.9 Å². The molecule has 10 heteroatoms. The van der Waals surface area contributed by atoms with Crippen LogP contribution >= 0.6 is 11.8 Å². The minimum atomic E-state index is -0.612. The maximum absolute atomic E-state index is 12.1. The zero-order chi connectivity index (χ0) is 21.2. The lowest BCUT2D eigenvalue weighted by Gasteiger charge is -2.17. The molecule has 1 aromatic carbocycles. The van der Waals surface area contributed by atoms with Crippen molar-refractivity contribution in [2.75, 3.05) is 31.7 Å². The number of benzene rings is 1. The quantitative estimate of drug-likeness (QED) is 0.366. The maximum Gasteiger partial charge on any atom is 0.343 e. The molecule has 0 fully saturated rings. The predicted octanol–water partition coefficient (Wildman–Crippen LogP) is 1.53. The number of thioether (sulfide) groups is 1. The van der Waals surface area contributed by atoms with Crippen LogP contribution in [-0.2, 0) is 25.6 Å². The minimum Gasteiger partial charge on any atom is -0.462 e. The summed E-state index contributed by atoms with van der Waals surface area (Å²) in [6.07, 6.45) is 1.25. The van der Waals surface area contributed by atoms with E-state index in [0.29, 0.717) is 6.54 Å². The lowest BCUT2D eigenvalue weighted by molar-refractivity contribution is -0.149. The lowest BCUT2D eigenvalue weighted by atomic mass is 10.2. The molecule has 29 heavy (non-hydrogen) atoms. The first kappa shape index (κ1) is 22.2. The molecule has 9 nitrogen and oxygen atoms in total. The molecule has 1 amide bonds. The predicted molar refractivity (Wildman–Crippen MR) is 107 cm³/mol. The smallest absolute Gasteiger partial charge is 0.343 e. The highest BCUT2D eigenvalue weighted by Crippen LogP contribution is 2.17. The number of ether oxygens (including phenoxy) is 2. The van der Waals surface area contributed by atoms with Crippen LogP contribution in [-0.4, -0.2) is 58.7 Å². The second-order valence-corrected chi connectivity index (χ2v) is 6.80. The average Bonchev–Trinajstić information content (AvgIpc) is 2.71. The van der Waals surface area contributed by atoms with Crippen molar-refractivity contribution in [3.05, 3.63) is 47.7 Å². The molecule has 0 radical (unpaired) electrons. The number of nitrogens with zero attached hydrogens (tertiary/aromatic N) is 3. The minimum absolute atomic E-state index is 0.0352. The van der Waals surface area contributed by atoms with Gasteiger partial charge in [-0.1, -0.05) is 42.1 Å². The third-order valence-corrected chi connectivity index (χ3v) is 4.49. The van der Waals surface area contributed by atoms with Crippen LogP contribution in [0.5, 0.6) is 0 Å². The summed E-state index contributed by atoms with van der Waals surface area (Å²) in [6.45, 7) is 1.95. The van der Waals surface area contributed by atoms with Gasteiger partial charge in [-0.2, -0.15) is 0 Å². The highest BCUT2D eigenvalue weighted by molar-refractivity contribution is 7.99. The van der Waals surface area contributed by atoms with E-state index in [-0.39, 0.29) is 41.4 Å². The van der Waals surface area contributed by atoms with Gasteiger partial charge in [-0.3, -0.25) is 9.59 Å². The Bertz CT molecular complexity index is 863. The largest absolute Gasteiger partial charge is 0.462 e. The number of nitrogens with two attached hydrogens (primary N) is 1. The van der Waals surface area contributed by atoms with Gasteiger partial charge in [0.25, 0.3) is 5.91 Å². The molecule has 0 spiro atoms. The van der Waals surface area contributed by atoms with E-state index >= 15 is 0 Å². The van der Waals surface area contributed by atoms with Crippen LogP contribution in [0.3, 0.4) is 0 Å². The Kier molecular flexibility index (Phi) is 8.41. The molecule has 0 bridgehead atoms. The van der Waals surface area contributed by atoms with Gasteiger partial charge in [-0.25, -0.2) is 14.8 Å². The molecule has 1 heterocycles. The van der Waals surface area contributed by atoms with E-state index in [4.69, 9.17) is 15.2 Å². The summed E-state index contributed by atoms with van der Waals surface area (Å²) in [6, 6.07) is 9.49. The highest BCUT2D eigenvalue weighted by Gasteiger charge is 2.16. The second-order valence-electron chi connectivity index (χ2n) is 5.86. The van der Waals surface area contributed by atoms with Crippen molar-refractivity contribution in [2.45, 2.75) is 18.6 Å². The molecule has 154 valence electrons. The Morgan fingerprint density at radius 3 is 2.55 bits per heavy atom. The molecule has 0 atom stereocenters. The van der Waals surface area contributed by atoms with E-state index in [2.05, 4.69) is 9.97 Å². The van der Waals surface area contributed by atoms with Crippen molar-refractivity contribution in [3.63, 3.8) is 0 Å². The molecule has 0 unspecified atom stereocenters. The van der Waals surface area contributed by atoms with Crippen LogP contribution in [0.4, 0.5) is 5.82 Å². The fourth-order valence-electron chi connectivity index (χ4n) is 2.18. The van der Waals surface area contributed by atoms with Crippen molar-refractivity contribution >= 4 is 35.4 Å². The Morgan fingerprint density at radius 2 is 1.90 bits per heavy atom. The first-order valence-electron chi connectivity index (χ1n) is 8.76. The van der Waals surface area contributed by atoms with Crippen LogP contribution < -0.4 is 5.73 Å². The molecule has 0 aliphatic carbocycles. The average molecular weight is 418 g/mol. The lowest BCUT2D eigenvalue weighted by Crippen LogP contribution is -2.31. The molecule has 2 rings (SSSR count). The van der Waals surface area contributed by atoms with Gasteiger partial charge in [0, 0.05) is 19.8 Å². The molecule has 0 saturated carbocycles. The number of aromatic nitrogens is 2. The number of nitrogen functional groups attached to an aromatic ring is 1. The number of carbonyl (C=O) groups is 3. The van der Waals surface area contributed by atoms with Gasteiger partial charge in [0.2, 0.25) is 0 Å². The zero-order valence-corrected chi connectivity index (χ0v) is 17.0. The van der Waals surface area contributed by atoms with Gasteiger partial charge >= 0.3 is 11.9 Å². The number of amides is 1. The van der Waals surface area contributed by atoms with E-state index in [1.807, 2.05) is 30.3 Å². The third-order valence-electron chi connectivity index (χ3n) is 3.66. The summed E-state index contributed by atoms with van der Waals surface area (Å²) in [5.41, 5.74) is 6.76. The van der Waals surface area contributed by atoms with Crippen molar-refractivity contribution in [1.82, 2.24) is 14.9 Å². The van der Waals surface area contributed by atoms with Gasteiger partial charge < -0.3 is 20.1 Å². The maximum atomic E-state index is 12.1. The van der Waals surface area contributed by atoms with Crippen LogP contribution in [0.25, 0.3) is 0 Å². The first-order valence-corrected chi connectivity index (χ1v) is 9.75. The third kappa shape index (κ3) is 7.07. The summed E-state index contributed by atoms with van der Waals surface area (Å²) in [4.78, 5) is 45.0. The second kappa shape index (κ2) is 11.0. The van der Waals surface area contributed by atoms with Gasteiger partial charge in [-0.05, 0) is 12.5 Å². The molecular weight excluding hydrogens is 396 g/mol. The molecule has 1 aromatic heterocycles. The van der Waals surface area contributed by atoms with E-state index in [1.165, 1.54) is 11.1 Å². The molecular formula is C19H22N4O5S. The van der Waals surface area contributed by atoms with Crippen LogP contribution in [0.1, 0.15) is 22.8 Å². The van der Waals surface area contributed by atoms with Crippen molar-refractivity contribution in [1.29, 1.82) is 0 Å². The number of hydrogen-bond acceptors (Lipinski definition) is 9. The fourth-order valence-corrected chi connectivity index (χ4v) is 2.80. The number of anilines is 1. The summed E-state index contributed by atoms with van der Waals surface area (Å²) in [5.74, 6) is -1.65. The van der Waals surface area contributed by atoms with Crippen LogP contribution in [0, 0.1) is 0 Å². The molecule has 0 aliphatic heterocycles. The molecule has 2 aromatic rings. The Balaban J connectivity index is 1.77. The van der Waals surface area contributed by atoms with E-state index in [0.717, 1.165) is 17.3 Å². The van der Waals surface area contributed by atoms with Crippen molar-refractivity contribution in [3.8, 4) is 0 Å². The topological polar surface area (TPSA) is 125 Å². The Hall–Kier alpha value is -3.14. The van der Waals surface area contributed by atoms with Gasteiger partial charge in [0.15, 0.2) is 11.8 Å². The van der Waals surface area contributed by atoms with E-state index in [9.17, 15) is 14.4 Å². The highest BCUT2D eigenvalue weighted by atomic mass is 32.2. The Morgan fingerprint density at radius 1 is 1.17 bits per heavy atom. The van der Waals surface area contributed by atoms with Gasteiger partial charge in [0.05, 0.1) is 12.4 Å². The zero-order valence-electron chi connectivity index (χ0n) is 16.2. The standard InChI is InChI=1S/C19H22N4O5S/c1-3-27-18(26)14-9-21-19(22-17(14)20)29-12-16(25)28-11-15(24)23(2)10-13-7-5-4-6-8-13/h4-9H,3,10-12H2,1-2H3,(H2,20,21,22). The summed E-state index contributed by atoms with van der Waals surface area (Å²) in [7, 11) is 1.64. The molecule has 0 saturated heterocycles.